The summed E-state index contributed by atoms with van der Waals surface area (Å²) in [5.41, 5.74) is -2.11. The van der Waals surface area contributed by atoms with Gasteiger partial charge in [-0.15, -0.1) is 0 Å². The van der Waals surface area contributed by atoms with E-state index in [9.17, 15) is 40.3 Å². The predicted octanol–water partition coefficient (Wildman–Crippen LogP) is 5.08. The largest absolute Gasteiger partial charge is 0.419 e. The molecule has 0 radical (unpaired) electrons. The molecule has 0 bridgehead atoms. The van der Waals surface area contributed by atoms with E-state index < -0.39 is 52.4 Å². The number of rotatable bonds is 4. The third-order valence-electron chi connectivity index (χ3n) is 7.90. The Bertz CT molecular complexity index is 1740. The molecule has 1 N–H and O–H groups in total. The van der Waals surface area contributed by atoms with Crippen LogP contribution in [0.25, 0.3) is 16.9 Å². The first kappa shape index (κ1) is 29.1. The molecule has 15 heteroatoms. The van der Waals surface area contributed by atoms with Crippen LogP contribution in [0.15, 0.2) is 60.9 Å². The fraction of sp³-hybridized carbons (Fsp3) is 0.241. The second kappa shape index (κ2) is 10.6. The summed E-state index contributed by atoms with van der Waals surface area (Å²) in [4.78, 5) is 33.4. The summed E-state index contributed by atoms with van der Waals surface area (Å²) in [5, 5.41) is 6.95. The molecule has 0 unspecified atom stereocenters. The second-order valence-corrected chi connectivity index (χ2v) is 10.4. The van der Waals surface area contributed by atoms with Gasteiger partial charge in [0, 0.05) is 54.9 Å². The molecule has 2 aromatic carbocycles. The van der Waals surface area contributed by atoms with Crippen molar-refractivity contribution < 1.29 is 40.3 Å². The third kappa shape index (κ3) is 4.91. The SMILES string of the molecule is O=C(c1cc(-c2ccncc2)n(-c2ccc(C(F)(F)F)c(F)c2)n1)N1CCC2(CC1)C(=O)NCN2c1cc(F)c(F)c(F)c1. The monoisotopic (exact) mass is 618 g/mol. The summed E-state index contributed by atoms with van der Waals surface area (Å²) in [6.07, 6.45) is -1.86. The molecule has 2 amide bonds. The van der Waals surface area contributed by atoms with E-state index in [1.54, 1.807) is 12.1 Å². The van der Waals surface area contributed by atoms with Crippen LogP contribution >= 0.6 is 0 Å². The number of halogens is 7. The summed E-state index contributed by atoms with van der Waals surface area (Å²) in [5.74, 6) is -6.94. The minimum Gasteiger partial charge on any atom is -0.339 e. The summed E-state index contributed by atoms with van der Waals surface area (Å²) < 4.78 is 96.6. The number of aromatic nitrogens is 3. The Morgan fingerprint density at radius 2 is 1.50 bits per heavy atom. The second-order valence-electron chi connectivity index (χ2n) is 10.4. The molecule has 2 aliphatic heterocycles. The maximum atomic E-state index is 14.5. The van der Waals surface area contributed by atoms with Crippen LogP contribution < -0.4 is 10.2 Å². The Kier molecular flexibility index (Phi) is 7.05. The number of pyridine rings is 1. The highest BCUT2D eigenvalue weighted by Gasteiger charge is 2.51. The van der Waals surface area contributed by atoms with Gasteiger partial charge in [-0.25, -0.2) is 22.2 Å². The number of nitrogens with one attached hydrogen (secondary N) is 1. The zero-order chi connectivity index (χ0) is 31.4. The topological polar surface area (TPSA) is 83.4 Å². The van der Waals surface area contributed by atoms with Gasteiger partial charge in [-0.1, -0.05) is 0 Å². The summed E-state index contributed by atoms with van der Waals surface area (Å²) in [6, 6.07) is 8.49. The van der Waals surface area contributed by atoms with E-state index in [1.165, 1.54) is 28.3 Å². The molecule has 1 spiro atoms. The van der Waals surface area contributed by atoms with Gasteiger partial charge in [0.05, 0.1) is 23.6 Å². The average Bonchev–Trinajstić information content (AvgIpc) is 3.57. The van der Waals surface area contributed by atoms with Crippen molar-refractivity contribution in [3.8, 4) is 16.9 Å². The molecule has 0 aliphatic carbocycles. The molecule has 4 aromatic rings. The lowest BCUT2D eigenvalue weighted by Gasteiger charge is -2.43. The van der Waals surface area contributed by atoms with E-state index in [1.807, 2.05) is 0 Å². The number of hydrogen-bond acceptors (Lipinski definition) is 5. The van der Waals surface area contributed by atoms with Gasteiger partial charge in [-0.3, -0.25) is 14.6 Å². The van der Waals surface area contributed by atoms with E-state index in [2.05, 4.69) is 15.4 Å². The van der Waals surface area contributed by atoms with Crippen molar-refractivity contribution in [3.63, 3.8) is 0 Å². The Morgan fingerprint density at radius 3 is 2.11 bits per heavy atom. The van der Waals surface area contributed by atoms with Crippen LogP contribution in [-0.2, 0) is 11.0 Å². The first-order valence-electron chi connectivity index (χ1n) is 13.3. The lowest BCUT2D eigenvalue weighted by molar-refractivity contribution is -0.140. The smallest absolute Gasteiger partial charge is 0.339 e. The van der Waals surface area contributed by atoms with Gasteiger partial charge in [-0.05, 0) is 43.2 Å². The molecule has 6 rings (SSSR count). The number of piperidine rings is 1. The molecule has 0 saturated carbocycles. The van der Waals surface area contributed by atoms with E-state index in [4.69, 9.17) is 0 Å². The van der Waals surface area contributed by atoms with Crippen molar-refractivity contribution in [3.05, 3.63) is 95.5 Å². The molecule has 44 heavy (non-hydrogen) atoms. The molecular weight excluding hydrogens is 597 g/mol. The van der Waals surface area contributed by atoms with Gasteiger partial charge in [0.1, 0.15) is 11.4 Å². The van der Waals surface area contributed by atoms with Crippen molar-refractivity contribution in [2.75, 3.05) is 24.7 Å². The lowest BCUT2D eigenvalue weighted by atomic mass is 9.85. The van der Waals surface area contributed by atoms with Gasteiger partial charge in [0.2, 0.25) is 5.91 Å². The van der Waals surface area contributed by atoms with Crippen LogP contribution in [0.4, 0.5) is 36.4 Å². The number of amides is 2. The third-order valence-corrected chi connectivity index (χ3v) is 7.90. The van der Waals surface area contributed by atoms with Crippen LogP contribution in [0.3, 0.4) is 0 Å². The number of likely N-dealkylation sites (tertiary alicyclic amines) is 1. The zero-order valence-electron chi connectivity index (χ0n) is 22.5. The van der Waals surface area contributed by atoms with E-state index in [-0.39, 0.29) is 55.4 Å². The Hall–Kier alpha value is -4.95. The number of hydrogen-bond donors (Lipinski definition) is 1. The maximum Gasteiger partial charge on any atom is 0.419 e. The van der Waals surface area contributed by atoms with Crippen molar-refractivity contribution in [1.29, 1.82) is 0 Å². The highest BCUT2D eigenvalue weighted by atomic mass is 19.4. The van der Waals surface area contributed by atoms with E-state index >= 15 is 0 Å². The molecule has 2 saturated heterocycles. The highest BCUT2D eigenvalue weighted by molar-refractivity contribution is 5.96. The number of alkyl halides is 3. The highest BCUT2D eigenvalue weighted by Crippen LogP contribution is 2.38. The zero-order valence-corrected chi connectivity index (χ0v) is 22.5. The fourth-order valence-electron chi connectivity index (χ4n) is 5.64. The Labute approximate surface area is 244 Å². The van der Waals surface area contributed by atoms with Crippen molar-refractivity contribution >= 4 is 17.5 Å². The fourth-order valence-corrected chi connectivity index (χ4v) is 5.64. The minimum atomic E-state index is -4.90. The average molecular weight is 619 g/mol. The lowest BCUT2D eigenvalue weighted by Crippen LogP contribution is -2.57. The van der Waals surface area contributed by atoms with Gasteiger partial charge < -0.3 is 15.1 Å². The maximum absolute atomic E-state index is 14.5. The molecule has 2 fully saturated rings. The Morgan fingerprint density at radius 1 is 0.864 bits per heavy atom. The number of benzene rings is 2. The summed E-state index contributed by atoms with van der Waals surface area (Å²) >= 11 is 0. The van der Waals surface area contributed by atoms with Gasteiger partial charge in [0.25, 0.3) is 5.91 Å². The molecule has 8 nitrogen and oxygen atoms in total. The van der Waals surface area contributed by atoms with E-state index in [0.29, 0.717) is 17.7 Å². The molecule has 2 aliphatic rings. The molecule has 0 atom stereocenters. The van der Waals surface area contributed by atoms with Gasteiger partial charge in [0.15, 0.2) is 23.1 Å². The molecular formula is C29H21F7N6O2. The normalized spacial score (nSPS) is 16.5. The van der Waals surface area contributed by atoms with Crippen LogP contribution in [0.5, 0.6) is 0 Å². The predicted molar refractivity (Wildman–Crippen MR) is 141 cm³/mol. The standard InChI is InChI=1S/C29H21F7N6O2/c30-20-11-17(1-2-19(20)29(34,35)36)42-24(16-3-7-37-8-4-16)14-23(39-42)26(43)40-9-5-28(6-10-40)27(44)38-15-41(28)18-12-21(31)25(33)22(32)13-18/h1-4,7-8,11-14H,5-6,9-10,15H2,(H,38,44). The van der Waals surface area contributed by atoms with Crippen LogP contribution in [0.1, 0.15) is 28.9 Å². The van der Waals surface area contributed by atoms with Gasteiger partial charge in [-0.2, -0.15) is 18.3 Å². The number of anilines is 1. The van der Waals surface area contributed by atoms with Crippen LogP contribution in [0.2, 0.25) is 0 Å². The first-order chi connectivity index (χ1) is 20.9. The molecule has 4 heterocycles. The summed E-state index contributed by atoms with van der Waals surface area (Å²) in [6.45, 7) is -0.0246. The number of carbonyl (C=O) groups excluding carboxylic acids is 2. The van der Waals surface area contributed by atoms with Crippen molar-refractivity contribution in [1.82, 2.24) is 25.0 Å². The Balaban J connectivity index is 1.29. The van der Waals surface area contributed by atoms with E-state index in [0.717, 1.165) is 22.9 Å². The molecule has 2 aromatic heterocycles. The van der Waals surface area contributed by atoms with Crippen molar-refractivity contribution in [2.45, 2.75) is 24.6 Å². The number of carbonyl (C=O) groups is 2. The van der Waals surface area contributed by atoms with Gasteiger partial charge >= 0.3 is 6.18 Å². The first-order valence-corrected chi connectivity index (χ1v) is 13.3. The minimum absolute atomic E-state index is 0.0290. The van der Waals surface area contributed by atoms with Crippen LogP contribution in [0, 0.1) is 23.3 Å². The quantitative estimate of drug-likeness (QED) is 0.255. The summed E-state index contributed by atoms with van der Waals surface area (Å²) in [7, 11) is 0. The van der Waals surface area contributed by atoms with Crippen LogP contribution in [-0.4, -0.2) is 56.8 Å². The van der Waals surface area contributed by atoms with Crippen molar-refractivity contribution in [2.24, 2.45) is 0 Å². The number of nitrogens with zero attached hydrogens (tertiary/aromatic N) is 5. The molecule has 228 valence electrons.